The molecule has 2 aliphatic rings. The molecule has 6 heteroatoms. The van der Waals surface area contributed by atoms with E-state index in [1.165, 1.54) is 11.4 Å². The number of nitrogens with one attached hydrogen (secondary N) is 1. The number of aliphatic carboxylic acids is 1. The molecular formula is C17H26N4O2. The van der Waals surface area contributed by atoms with Crippen molar-refractivity contribution in [2.75, 3.05) is 68.7 Å². The summed E-state index contributed by atoms with van der Waals surface area (Å²) in [6.45, 7) is 8.72. The van der Waals surface area contributed by atoms with Crippen LogP contribution in [-0.2, 0) is 4.79 Å². The number of anilines is 2. The maximum Gasteiger partial charge on any atom is 0.304 e. The van der Waals surface area contributed by atoms with Gasteiger partial charge in [0.2, 0.25) is 0 Å². The topological polar surface area (TPSA) is 59.1 Å². The monoisotopic (exact) mass is 318 g/mol. The van der Waals surface area contributed by atoms with Gasteiger partial charge in [-0.25, -0.2) is 0 Å². The molecule has 0 saturated carbocycles. The van der Waals surface area contributed by atoms with Crippen molar-refractivity contribution in [1.82, 2.24) is 10.2 Å². The van der Waals surface area contributed by atoms with Crippen molar-refractivity contribution < 1.29 is 9.90 Å². The number of carbonyl (C=O) groups is 1. The van der Waals surface area contributed by atoms with Crippen molar-refractivity contribution in [3.05, 3.63) is 24.3 Å². The quantitative estimate of drug-likeness (QED) is 0.833. The Kier molecular flexibility index (Phi) is 5.35. The lowest BCUT2D eigenvalue weighted by molar-refractivity contribution is -0.137. The van der Waals surface area contributed by atoms with Crippen molar-refractivity contribution in [2.45, 2.75) is 6.42 Å². The Morgan fingerprint density at radius 1 is 0.913 bits per heavy atom. The zero-order chi connectivity index (χ0) is 16.1. The smallest absolute Gasteiger partial charge is 0.304 e. The van der Waals surface area contributed by atoms with Gasteiger partial charge < -0.3 is 20.2 Å². The highest BCUT2D eigenvalue weighted by Crippen LogP contribution is 2.22. The number of piperazine rings is 2. The summed E-state index contributed by atoms with van der Waals surface area (Å²) in [4.78, 5) is 17.7. The van der Waals surface area contributed by atoms with Crippen LogP contribution in [0.15, 0.2) is 24.3 Å². The van der Waals surface area contributed by atoms with Gasteiger partial charge >= 0.3 is 5.97 Å². The van der Waals surface area contributed by atoms with Gasteiger partial charge in [-0.15, -0.1) is 0 Å². The lowest BCUT2D eigenvalue weighted by Gasteiger charge is -2.36. The molecule has 6 nitrogen and oxygen atoms in total. The van der Waals surface area contributed by atoms with Crippen LogP contribution in [0.5, 0.6) is 0 Å². The second-order valence-corrected chi connectivity index (χ2v) is 6.23. The highest BCUT2D eigenvalue weighted by molar-refractivity contribution is 5.66. The summed E-state index contributed by atoms with van der Waals surface area (Å²) in [5.74, 6) is -0.712. The number of carboxylic acid groups (broad SMARTS) is 1. The fourth-order valence-corrected chi connectivity index (χ4v) is 3.28. The summed E-state index contributed by atoms with van der Waals surface area (Å²) in [5.41, 5.74) is 2.57. The molecular weight excluding hydrogens is 292 g/mol. The Labute approximate surface area is 137 Å². The molecule has 0 amide bonds. The van der Waals surface area contributed by atoms with Crippen molar-refractivity contribution in [1.29, 1.82) is 0 Å². The molecule has 0 aromatic heterocycles. The van der Waals surface area contributed by atoms with Crippen LogP contribution in [-0.4, -0.2) is 74.9 Å². The molecule has 3 rings (SSSR count). The summed E-state index contributed by atoms with van der Waals surface area (Å²) in [5, 5.41) is 12.1. The Balaban J connectivity index is 1.51. The fourth-order valence-electron chi connectivity index (χ4n) is 3.28. The Hall–Kier alpha value is -1.79. The standard InChI is InChI=1S/C17H26N4O2/c22-17(23)5-8-19-11-13-21(14-12-19)16-3-1-15(2-4-16)20-9-6-18-7-10-20/h1-4,18H,5-14H2,(H,22,23). The molecule has 2 fully saturated rings. The molecule has 2 saturated heterocycles. The second kappa shape index (κ2) is 7.66. The van der Waals surface area contributed by atoms with Crippen LogP contribution in [0.1, 0.15) is 6.42 Å². The molecule has 0 aliphatic carbocycles. The lowest BCUT2D eigenvalue weighted by Crippen LogP contribution is -2.47. The summed E-state index contributed by atoms with van der Waals surface area (Å²) >= 11 is 0. The fraction of sp³-hybridized carbons (Fsp3) is 0.588. The zero-order valence-electron chi connectivity index (χ0n) is 13.6. The zero-order valence-corrected chi connectivity index (χ0v) is 13.6. The first kappa shape index (κ1) is 16.1. The Morgan fingerprint density at radius 3 is 1.96 bits per heavy atom. The molecule has 1 aromatic rings. The third-order valence-corrected chi connectivity index (χ3v) is 4.71. The molecule has 2 heterocycles. The number of rotatable bonds is 5. The minimum absolute atomic E-state index is 0.236. The molecule has 0 unspecified atom stereocenters. The van der Waals surface area contributed by atoms with E-state index in [4.69, 9.17) is 5.11 Å². The first-order chi connectivity index (χ1) is 11.2. The Bertz CT molecular complexity index is 506. The summed E-state index contributed by atoms with van der Waals surface area (Å²) in [6.07, 6.45) is 0.236. The van der Waals surface area contributed by atoms with Crippen molar-refractivity contribution in [3.63, 3.8) is 0 Å². The first-order valence-corrected chi connectivity index (χ1v) is 8.47. The van der Waals surface area contributed by atoms with E-state index in [1.54, 1.807) is 0 Å². The van der Waals surface area contributed by atoms with Crippen LogP contribution < -0.4 is 15.1 Å². The number of carboxylic acids is 1. The molecule has 126 valence electrons. The molecule has 23 heavy (non-hydrogen) atoms. The maximum absolute atomic E-state index is 10.6. The number of benzene rings is 1. The normalized spacial score (nSPS) is 19.8. The molecule has 1 aromatic carbocycles. The van der Waals surface area contributed by atoms with Gasteiger partial charge in [0, 0.05) is 70.3 Å². The molecule has 0 bridgehead atoms. The predicted molar refractivity (Wildman–Crippen MR) is 92.4 cm³/mol. The predicted octanol–water partition coefficient (Wildman–Crippen LogP) is 0.693. The summed E-state index contributed by atoms with van der Waals surface area (Å²) < 4.78 is 0. The van der Waals surface area contributed by atoms with Crippen molar-refractivity contribution in [2.24, 2.45) is 0 Å². The minimum Gasteiger partial charge on any atom is -0.481 e. The lowest BCUT2D eigenvalue weighted by atomic mass is 10.2. The average Bonchev–Trinajstić information content (AvgIpc) is 2.61. The highest BCUT2D eigenvalue weighted by Gasteiger charge is 2.18. The van der Waals surface area contributed by atoms with Gasteiger partial charge in [0.05, 0.1) is 6.42 Å². The van der Waals surface area contributed by atoms with E-state index in [0.717, 1.165) is 52.4 Å². The van der Waals surface area contributed by atoms with Crippen LogP contribution in [0.2, 0.25) is 0 Å². The van der Waals surface area contributed by atoms with E-state index in [0.29, 0.717) is 6.54 Å². The van der Waals surface area contributed by atoms with Crippen LogP contribution >= 0.6 is 0 Å². The largest absolute Gasteiger partial charge is 0.481 e. The highest BCUT2D eigenvalue weighted by atomic mass is 16.4. The number of nitrogens with zero attached hydrogens (tertiary/aromatic N) is 3. The van der Waals surface area contributed by atoms with Crippen molar-refractivity contribution in [3.8, 4) is 0 Å². The molecule has 2 N–H and O–H groups in total. The third kappa shape index (κ3) is 4.36. The van der Waals surface area contributed by atoms with Crippen molar-refractivity contribution >= 4 is 17.3 Å². The van der Waals surface area contributed by atoms with E-state index in [-0.39, 0.29) is 6.42 Å². The summed E-state index contributed by atoms with van der Waals surface area (Å²) in [6, 6.07) is 8.86. The van der Waals surface area contributed by atoms with E-state index >= 15 is 0 Å². The van der Waals surface area contributed by atoms with Gasteiger partial charge in [-0.3, -0.25) is 9.69 Å². The van der Waals surface area contributed by atoms with Gasteiger partial charge in [0.1, 0.15) is 0 Å². The van der Waals surface area contributed by atoms with Gasteiger partial charge in [0.15, 0.2) is 0 Å². The SMILES string of the molecule is O=C(O)CCN1CCN(c2ccc(N3CCNCC3)cc2)CC1. The van der Waals surface area contributed by atoms with Gasteiger partial charge in [-0.1, -0.05) is 0 Å². The second-order valence-electron chi connectivity index (χ2n) is 6.23. The first-order valence-electron chi connectivity index (χ1n) is 8.47. The minimum atomic E-state index is -0.712. The van der Waals surface area contributed by atoms with E-state index in [9.17, 15) is 4.79 Å². The average molecular weight is 318 g/mol. The molecule has 0 atom stereocenters. The van der Waals surface area contributed by atoms with Crippen LogP contribution in [0.3, 0.4) is 0 Å². The number of hydrogen-bond donors (Lipinski definition) is 2. The number of hydrogen-bond acceptors (Lipinski definition) is 5. The summed E-state index contributed by atoms with van der Waals surface area (Å²) in [7, 11) is 0. The Morgan fingerprint density at radius 2 is 1.43 bits per heavy atom. The van der Waals surface area contributed by atoms with Gasteiger partial charge in [-0.05, 0) is 24.3 Å². The third-order valence-electron chi connectivity index (χ3n) is 4.71. The van der Waals surface area contributed by atoms with Crippen LogP contribution in [0, 0.1) is 0 Å². The molecule has 0 radical (unpaired) electrons. The van der Waals surface area contributed by atoms with Gasteiger partial charge in [0.25, 0.3) is 0 Å². The van der Waals surface area contributed by atoms with Gasteiger partial charge in [-0.2, -0.15) is 0 Å². The van der Waals surface area contributed by atoms with E-state index in [1.807, 2.05) is 0 Å². The van der Waals surface area contributed by atoms with E-state index in [2.05, 4.69) is 44.3 Å². The maximum atomic E-state index is 10.6. The van der Waals surface area contributed by atoms with E-state index < -0.39 is 5.97 Å². The molecule has 2 aliphatic heterocycles. The van der Waals surface area contributed by atoms with Crippen LogP contribution in [0.25, 0.3) is 0 Å². The van der Waals surface area contributed by atoms with Crippen LogP contribution in [0.4, 0.5) is 11.4 Å². The molecule has 0 spiro atoms.